The van der Waals surface area contributed by atoms with Crippen LogP contribution < -0.4 is 10.6 Å². The molecule has 5 heteroatoms. The predicted octanol–water partition coefficient (Wildman–Crippen LogP) is 5.19. The highest BCUT2D eigenvalue weighted by atomic mass is 16.3. The van der Waals surface area contributed by atoms with Gasteiger partial charge in [0.25, 0.3) is 0 Å². The molecule has 0 aliphatic heterocycles. The summed E-state index contributed by atoms with van der Waals surface area (Å²) < 4.78 is 0. The third-order valence-electron chi connectivity index (χ3n) is 5.10. The fourth-order valence-electron chi connectivity index (χ4n) is 3.25. The number of hydrogen-bond acceptors (Lipinski definition) is 5. The molecule has 0 radical (unpaired) electrons. The smallest absolute Gasteiger partial charge is 0.225 e. The number of aliphatic hydroxyl groups excluding tert-OH is 1. The summed E-state index contributed by atoms with van der Waals surface area (Å²) in [6.07, 6.45) is 0.936. The molecule has 1 heterocycles. The molecule has 0 unspecified atom stereocenters. The number of aryl methyl sites for hydroxylation is 2. The number of nitrogens with one attached hydrogen (secondary N) is 2. The summed E-state index contributed by atoms with van der Waals surface area (Å²) in [5.41, 5.74) is 5.36. The van der Waals surface area contributed by atoms with Crippen molar-refractivity contribution in [1.82, 2.24) is 9.97 Å². The Labute approximate surface area is 173 Å². The maximum atomic E-state index is 9.72. The van der Waals surface area contributed by atoms with Gasteiger partial charge < -0.3 is 15.7 Å². The summed E-state index contributed by atoms with van der Waals surface area (Å²) in [5, 5.41) is 16.5. The van der Waals surface area contributed by atoms with Gasteiger partial charge in [-0.05, 0) is 30.4 Å². The SMILES string of the molecule is CCc1cccc(C)c1Nc1cc(-c2ccccc2)nc(N[C@@H](CO)C(C)C)n1. The molecule has 2 aromatic carbocycles. The van der Waals surface area contributed by atoms with Crippen LogP contribution in [0.2, 0.25) is 0 Å². The molecule has 0 bridgehead atoms. The van der Waals surface area contributed by atoms with E-state index in [-0.39, 0.29) is 18.6 Å². The van der Waals surface area contributed by atoms with Crippen molar-refractivity contribution < 1.29 is 5.11 Å². The van der Waals surface area contributed by atoms with Crippen molar-refractivity contribution in [2.45, 2.75) is 40.2 Å². The van der Waals surface area contributed by atoms with Crippen LogP contribution in [-0.4, -0.2) is 27.7 Å². The Kier molecular flexibility index (Phi) is 6.83. The van der Waals surface area contributed by atoms with Gasteiger partial charge in [-0.15, -0.1) is 0 Å². The molecule has 5 nitrogen and oxygen atoms in total. The van der Waals surface area contributed by atoms with Gasteiger partial charge in [-0.3, -0.25) is 0 Å². The number of para-hydroxylation sites is 1. The van der Waals surface area contributed by atoms with Gasteiger partial charge in [-0.2, -0.15) is 4.98 Å². The Balaban J connectivity index is 2.03. The topological polar surface area (TPSA) is 70.1 Å². The second-order valence-electron chi connectivity index (χ2n) is 7.59. The van der Waals surface area contributed by atoms with Gasteiger partial charge in [0.05, 0.1) is 18.3 Å². The molecule has 3 rings (SSSR count). The average Bonchev–Trinajstić information content (AvgIpc) is 2.73. The van der Waals surface area contributed by atoms with Gasteiger partial charge >= 0.3 is 0 Å². The molecule has 3 aromatic rings. The Hall–Kier alpha value is -2.92. The maximum absolute atomic E-state index is 9.72. The number of hydrogen-bond donors (Lipinski definition) is 3. The van der Waals surface area contributed by atoms with E-state index in [0.717, 1.165) is 29.2 Å². The third-order valence-corrected chi connectivity index (χ3v) is 5.10. The molecule has 1 atom stereocenters. The Morgan fingerprint density at radius 2 is 1.76 bits per heavy atom. The molecule has 3 N–H and O–H groups in total. The molecule has 0 fully saturated rings. The number of anilines is 3. The van der Waals surface area contributed by atoms with Gasteiger partial charge in [0.15, 0.2) is 0 Å². The second kappa shape index (κ2) is 9.52. The van der Waals surface area contributed by atoms with Crippen LogP contribution >= 0.6 is 0 Å². The molecular weight excluding hydrogens is 360 g/mol. The number of rotatable bonds is 8. The summed E-state index contributed by atoms with van der Waals surface area (Å²) in [7, 11) is 0. The number of nitrogens with zero attached hydrogens (tertiary/aromatic N) is 2. The average molecular weight is 391 g/mol. The van der Waals surface area contributed by atoms with Crippen molar-refractivity contribution in [3.05, 3.63) is 65.7 Å². The van der Waals surface area contributed by atoms with E-state index in [1.807, 2.05) is 36.4 Å². The van der Waals surface area contributed by atoms with E-state index in [9.17, 15) is 5.11 Å². The molecule has 152 valence electrons. The predicted molar refractivity (Wildman–Crippen MR) is 121 cm³/mol. The zero-order valence-electron chi connectivity index (χ0n) is 17.6. The Morgan fingerprint density at radius 1 is 1.00 bits per heavy atom. The lowest BCUT2D eigenvalue weighted by atomic mass is 10.1. The molecule has 1 aromatic heterocycles. The first kappa shape index (κ1) is 20.8. The van der Waals surface area contributed by atoms with Crippen molar-refractivity contribution in [3.8, 4) is 11.3 Å². The van der Waals surface area contributed by atoms with Crippen molar-refractivity contribution >= 4 is 17.5 Å². The minimum absolute atomic E-state index is 0.0249. The van der Waals surface area contributed by atoms with Crippen LogP contribution in [0.25, 0.3) is 11.3 Å². The van der Waals surface area contributed by atoms with Crippen molar-refractivity contribution in [2.75, 3.05) is 17.2 Å². The standard InChI is InChI=1S/C24H30N4O/c1-5-18-13-9-10-17(4)23(18)27-22-14-20(19-11-7-6-8-12-19)25-24(28-22)26-21(15-29)16(2)3/h6-14,16,21,29H,5,15H2,1-4H3,(H2,25,26,27,28)/t21-/m0/s1. The zero-order chi connectivity index (χ0) is 20.8. The van der Waals surface area contributed by atoms with Crippen LogP contribution in [0.15, 0.2) is 54.6 Å². The fraction of sp³-hybridized carbons (Fsp3) is 0.333. The zero-order valence-corrected chi connectivity index (χ0v) is 17.6. The van der Waals surface area contributed by atoms with Crippen LogP contribution in [0.3, 0.4) is 0 Å². The van der Waals surface area contributed by atoms with E-state index in [0.29, 0.717) is 5.95 Å². The minimum atomic E-state index is -0.112. The molecule has 0 spiro atoms. The lowest BCUT2D eigenvalue weighted by Gasteiger charge is -2.21. The highest BCUT2D eigenvalue weighted by molar-refractivity contribution is 5.70. The van der Waals surface area contributed by atoms with Crippen molar-refractivity contribution in [1.29, 1.82) is 0 Å². The highest BCUT2D eigenvalue weighted by Gasteiger charge is 2.15. The van der Waals surface area contributed by atoms with Gasteiger partial charge in [-0.1, -0.05) is 69.3 Å². The third kappa shape index (κ3) is 5.12. The van der Waals surface area contributed by atoms with Crippen molar-refractivity contribution in [2.24, 2.45) is 5.92 Å². The molecule has 0 amide bonds. The van der Waals surface area contributed by atoms with E-state index < -0.39 is 0 Å². The molecule has 0 saturated heterocycles. The number of aromatic nitrogens is 2. The highest BCUT2D eigenvalue weighted by Crippen LogP contribution is 2.28. The van der Waals surface area contributed by atoms with Crippen LogP contribution in [0.5, 0.6) is 0 Å². The van der Waals surface area contributed by atoms with Gasteiger partial charge in [0.1, 0.15) is 5.82 Å². The summed E-state index contributed by atoms with van der Waals surface area (Å²) >= 11 is 0. The number of benzene rings is 2. The van der Waals surface area contributed by atoms with Crippen LogP contribution in [-0.2, 0) is 6.42 Å². The molecule has 0 aliphatic rings. The first-order chi connectivity index (χ1) is 14.0. The monoisotopic (exact) mass is 390 g/mol. The first-order valence-corrected chi connectivity index (χ1v) is 10.2. The first-order valence-electron chi connectivity index (χ1n) is 10.2. The van der Waals surface area contributed by atoms with Crippen molar-refractivity contribution in [3.63, 3.8) is 0 Å². The van der Waals surface area contributed by atoms with E-state index in [1.165, 1.54) is 11.1 Å². The van der Waals surface area contributed by atoms with Gasteiger partial charge in [0, 0.05) is 17.3 Å². The van der Waals surface area contributed by atoms with Gasteiger partial charge in [0.2, 0.25) is 5.95 Å². The van der Waals surface area contributed by atoms with E-state index >= 15 is 0 Å². The largest absolute Gasteiger partial charge is 0.394 e. The Morgan fingerprint density at radius 3 is 2.41 bits per heavy atom. The van der Waals surface area contributed by atoms with E-state index in [1.54, 1.807) is 0 Å². The van der Waals surface area contributed by atoms with Crippen LogP contribution in [0.1, 0.15) is 31.9 Å². The molecular formula is C24H30N4O. The second-order valence-corrected chi connectivity index (χ2v) is 7.59. The summed E-state index contributed by atoms with van der Waals surface area (Å²) in [4.78, 5) is 9.40. The summed E-state index contributed by atoms with van der Waals surface area (Å²) in [6.45, 7) is 8.40. The van der Waals surface area contributed by atoms with E-state index in [4.69, 9.17) is 9.97 Å². The number of aliphatic hydroxyl groups is 1. The Bertz CT molecular complexity index is 941. The normalized spacial score (nSPS) is 12.1. The lowest BCUT2D eigenvalue weighted by Crippen LogP contribution is -2.30. The van der Waals surface area contributed by atoms with Crippen LogP contribution in [0, 0.1) is 12.8 Å². The van der Waals surface area contributed by atoms with Crippen LogP contribution in [0.4, 0.5) is 17.5 Å². The lowest BCUT2D eigenvalue weighted by molar-refractivity contribution is 0.248. The fourth-order valence-corrected chi connectivity index (χ4v) is 3.25. The summed E-state index contributed by atoms with van der Waals surface area (Å²) in [5.74, 6) is 1.49. The minimum Gasteiger partial charge on any atom is -0.394 e. The van der Waals surface area contributed by atoms with E-state index in [2.05, 4.69) is 56.5 Å². The molecule has 0 saturated carbocycles. The quantitative estimate of drug-likeness (QED) is 0.494. The molecule has 29 heavy (non-hydrogen) atoms. The van der Waals surface area contributed by atoms with Gasteiger partial charge in [-0.25, -0.2) is 4.98 Å². The summed E-state index contributed by atoms with van der Waals surface area (Å²) in [6, 6.07) is 18.2. The molecule has 0 aliphatic carbocycles. The maximum Gasteiger partial charge on any atom is 0.225 e.